The maximum absolute atomic E-state index is 12.4. The van der Waals surface area contributed by atoms with E-state index in [0.29, 0.717) is 25.9 Å². The van der Waals surface area contributed by atoms with Gasteiger partial charge in [-0.15, -0.1) is 0 Å². The number of piperidine rings is 1. The van der Waals surface area contributed by atoms with Crippen LogP contribution in [-0.2, 0) is 4.79 Å². The minimum absolute atomic E-state index is 0.0278. The molecule has 128 valence electrons. The van der Waals surface area contributed by atoms with Gasteiger partial charge in [0.05, 0.1) is 17.0 Å². The van der Waals surface area contributed by atoms with Crippen LogP contribution in [0.25, 0.3) is 0 Å². The van der Waals surface area contributed by atoms with E-state index in [2.05, 4.69) is 11.4 Å². The number of hydrogen-bond acceptors (Lipinski definition) is 6. The van der Waals surface area contributed by atoms with Gasteiger partial charge in [0.15, 0.2) is 0 Å². The largest absolute Gasteiger partial charge is 0.385 e. The first-order chi connectivity index (χ1) is 11.5. The Morgan fingerprint density at radius 2 is 2.17 bits per heavy atom. The maximum Gasteiger partial charge on any atom is 0.269 e. The highest BCUT2D eigenvalue weighted by molar-refractivity contribution is 5.82. The number of nitro benzene ring substituents is 1. The Morgan fingerprint density at radius 3 is 2.79 bits per heavy atom. The lowest BCUT2D eigenvalue weighted by atomic mass is 10.0. The first-order valence-electron chi connectivity index (χ1n) is 7.97. The van der Waals surface area contributed by atoms with E-state index in [1.165, 1.54) is 12.1 Å². The third-order valence-corrected chi connectivity index (χ3v) is 4.11. The number of non-ortho nitro benzene ring substituents is 1. The fourth-order valence-electron chi connectivity index (χ4n) is 2.74. The van der Waals surface area contributed by atoms with Gasteiger partial charge in [0.1, 0.15) is 6.04 Å². The molecule has 0 bridgehead atoms. The molecule has 0 spiro atoms. The highest BCUT2D eigenvalue weighted by Crippen LogP contribution is 2.18. The van der Waals surface area contributed by atoms with Crippen molar-refractivity contribution in [3.05, 3.63) is 34.4 Å². The number of nitro groups is 1. The third kappa shape index (κ3) is 4.43. The van der Waals surface area contributed by atoms with E-state index >= 15 is 0 Å². The summed E-state index contributed by atoms with van der Waals surface area (Å²) in [4.78, 5) is 24.1. The fraction of sp³-hybridized carbons (Fsp3) is 0.500. The number of rotatable bonds is 6. The second-order valence-electron chi connectivity index (χ2n) is 5.80. The van der Waals surface area contributed by atoms with Crippen LogP contribution in [0.4, 0.5) is 11.4 Å². The molecule has 1 saturated heterocycles. The number of carbonyl (C=O) groups excluding carboxylic acids is 1. The number of likely N-dealkylation sites (tertiary alicyclic amines) is 1. The van der Waals surface area contributed by atoms with E-state index in [9.17, 15) is 14.9 Å². The van der Waals surface area contributed by atoms with Crippen molar-refractivity contribution in [2.75, 3.05) is 18.4 Å². The summed E-state index contributed by atoms with van der Waals surface area (Å²) in [6, 6.07) is 7.18. The highest BCUT2D eigenvalue weighted by Gasteiger charge is 2.29. The van der Waals surface area contributed by atoms with Crippen molar-refractivity contribution in [1.29, 1.82) is 5.26 Å². The van der Waals surface area contributed by atoms with Gasteiger partial charge < -0.3 is 16.0 Å². The van der Waals surface area contributed by atoms with Crippen LogP contribution in [0.1, 0.15) is 25.7 Å². The van der Waals surface area contributed by atoms with Crippen LogP contribution in [0.15, 0.2) is 24.3 Å². The van der Waals surface area contributed by atoms with E-state index in [-0.39, 0.29) is 17.6 Å². The molecule has 0 radical (unpaired) electrons. The molecule has 1 aromatic carbocycles. The SMILES string of the molecule is N#CC1CCCCN1C(=O)C(N)CCNc1ccc([N+](=O)[O-])cc1. The van der Waals surface area contributed by atoms with E-state index in [0.717, 1.165) is 18.5 Å². The molecule has 0 aliphatic carbocycles. The standard InChI is InChI=1S/C16H21N5O3/c17-11-14-3-1-2-10-20(14)16(22)15(18)8-9-19-12-4-6-13(7-5-12)21(23)24/h4-7,14-15,19H,1-3,8-10,18H2. The van der Waals surface area contributed by atoms with Gasteiger partial charge >= 0.3 is 0 Å². The number of nitrogens with two attached hydrogens (primary N) is 1. The molecule has 2 rings (SSSR count). The predicted octanol–water partition coefficient (Wildman–Crippen LogP) is 1.63. The third-order valence-electron chi connectivity index (χ3n) is 4.11. The second kappa shape index (κ2) is 8.26. The molecule has 1 aliphatic rings. The molecule has 1 heterocycles. The van der Waals surface area contributed by atoms with E-state index < -0.39 is 11.0 Å². The molecule has 2 unspecified atom stereocenters. The lowest BCUT2D eigenvalue weighted by molar-refractivity contribution is -0.384. The molecular weight excluding hydrogens is 310 g/mol. The minimum atomic E-state index is -0.663. The average molecular weight is 331 g/mol. The summed E-state index contributed by atoms with van der Waals surface area (Å²) in [7, 11) is 0. The van der Waals surface area contributed by atoms with Crippen molar-refractivity contribution in [3.63, 3.8) is 0 Å². The lowest BCUT2D eigenvalue weighted by Crippen LogP contribution is -2.50. The number of amides is 1. The summed E-state index contributed by atoms with van der Waals surface area (Å²) in [5.74, 6) is -0.188. The van der Waals surface area contributed by atoms with Gasteiger partial charge in [-0.25, -0.2) is 0 Å². The van der Waals surface area contributed by atoms with Crippen molar-refractivity contribution in [2.24, 2.45) is 5.73 Å². The van der Waals surface area contributed by atoms with Crippen LogP contribution >= 0.6 is 0 Å². The van der Waals surface area contributed by atoms with Crippen molar-refractivity contribution in [1.82, 2.24) is 4.90 Å². The average Bonchev–Trinajstić information content (AvgIpc) is 2.61. The number of benzene rings is 1. The normalized spacial score (nSPS) is 18.5. The minimum Gasteiger partial charge on any atom is -0.385 e. The van der Waals surface area contributed by atoms with Gasteiger partial charge in [-0.2, -0.15) is 5.26 Å². The first-order valence-corrected chi connectivity index (χ1v) is 7.97. The zero-order valence-corrected chi connectivity index (χ0v) is 13.4. The van der Waals surface area contributed by atoms with Gasteiger partial charge in [-0.1, -0.05) is 0 Å². The summed E-state index contributed by atoms with van der Waals surface area (Å²) in [5, 5.41) is 22.8. The van der Waals surface area contributed by atoms with Crippen LogP contribution < -0.4 is 11.1 Å². The summed E-state index contributed by atoms with van der Waals surface area (Å²) in [6.07, 6.45) is 2.98. The van der Waals surface area contributed by atoms with Crippen LogP contribution in [0.5, 0.6) is 0 Å². The van der Waals surface area contributed by atoms with Crippen LogP contribution in [0.3, 0.4) is 0 Å². The summed E-state index contributed by atoms with van der Waals surface area (Å²) < 4.78 is 0. The molecule has 0 saturated carbocycles. The summed E-state index contributed by atoms with van der Waals surface area (Å²) in [6.45, 7) is 1.05. The maximum atomic E-state index is 12.4. The monoisotopic (exact) mass is 331 g/mol. The van der Waals surface area contributed by atoms with Crippen molar-refractivity contribution < 1.29 is 9.72 Å². The Labute approximate surface area is 140 Å². The molecule has 8 nitrogen and oxygen atoms in total. The Kier molecular flexibility index (Phi) is 6.09. The Bertz CT molecular complexity index is 626. The van der Waals surface area contributed by atoms with Gasteiger partial charge in [-0.3, -0.25) is 14.9 Å². The quantitative estimate of drug-likeness (QED) is 0.603. The Morgan fingerprint density at radius 1 is 1.46 bits per heavy atom. The Balaban J connectivity index is 1.82. The molecule has 8 heteroatoms. The molecule has 0 aromatic heterocycles. The van der Waals surface area contributed by atoms with Crippen LogP contribution in [-0.4, -0.2) is 40.9 Å². The molecule has 1 amide bonds. The number of anilines is 1. The topological polar surface area (TPSA) is 125 Å². The molecule has 1 aromatic rings. The number of nitrogens with one attached hydrogen (secondary N) is 1. The number of nitriles is 1. The van der Waals surface area contributed by atoms with Gasteiger partial charge in [-0.05, 0) is 37.8 Å². The van der Waals surface area contributed by atoms with E-state index in [1.54, 1.807) is 17.0 Å². The summed E-state index contributed by atoms with van der Waals surface area (Å²) in [5.41, 5.74) is 6.72. The summed E-state index contributed by atoms with van der Waals surface area (Å²) >= 11 is 0. The zero-order chi connectivity index (χ0) is 17.5. The van der Waals surface area contributed by atoms with Gasteiger partial charge in [0, 0.05) is 30.9 Å². The van der Waals surface area contributed by atoms with Crippen molar-refractivity contribution in [3.8, 4) is 6.07 Å². The fourth-order valence-corrected chi connectivity index (χ4v) is 2.74. The van der Waals surface area contributed by atoms with Crippen molar-refractivity contribution in [2.45, 2.75) is 37.8 Å². The van der Waals surface area contributed by atoms with Gasteiger partial charge in [0.25, 0.3) is 5.69 Å². The first kappa shape index (κ1) is 17.7. The van der Waals surface area contributed by atoms with Crippen LogP contribution in [0.2, 0.25) is 0 Å². The molecule has 1 aliphatic heterocycles. The highest BCUT2D eigenvalue weighted by atomic mass is 16.6. The second-order valence-corrected chi connectivity index (χ2v) is 5.80. The predicted molar refractivity (Wildman–Crippen MR) is 89.1 cm³/mol. The van der Waals surface area contributed by atoms with E-state index in [4.69, 9.17) is 11.0 Å². The lowest BCUT2D eigenvalue weighted by Gasteiger charge is -2.33. The Hall–Kier alpha value is -2.66. The molecule has 2 atom stereocenters. The smallest absolute Gasteiger partial charge is 0.269 e. The van der Waals surface area contributed by atoms with Gasteiger partial charge in [0.2, 0.25) is 5.91 Å². The van der Waals surface area contributed by atoms with E-state index in [1.807, 2.05) is 0 Å². The van der Waals surface area contributed by atoms with Crippen LogP contribution in [0, 0.1) is 21.4 Å². The van der Waals surface area contributed by atoms with Crippen molar-refractivity contribution >= 4 is 17.3 Å². The molecular formula is C16H21N5O3. The molecule has 24 heavy (non-hydrogen) atoms. The number of carbonyl (C=O) groups is 1. The number of nitrogens with zero attached hydrogens (tertiary/aromatic N) is 3. The molecule has 1 fully saturated rings. The zero-order valence-electron chi connectivity index (χ0n) is 13.4. The molecule has 3 N–H and O–H groups in total. The number of hydrogen-bond donors (Lipinski definition) is 2.